The molecule has 1 aromatic rings. The van der Waals surface area contributed by atoms with E-state index in [9.17, 15) is 4.79 Å². The van der Waals surface area contributed by atoms with Crippen molar-refractivity contribution in [2.24, 2.45) is 5.73 Å². The Morgan fingerprint density at radius 2 is 1.91 bits per heavy atom. The van der Waals surface area contributed by atoms with Gasteiger partial charge in [-0.1, -0.05) is 12.8 Å². The molecule has 0 atom stereocenters. The van der Waals surface area contributed by atoms with Crippen molar-refractivity contribution in [1.82, 2.24) is 0 Å². The topological polar surface area (TPSA) is 73.6 Å². The van der Waals surface area contributed by atoms with Crippen LogP contribution in [0.2, 0.25) is 0 Å². The molecule has 0 unspecified atom stereocenters. The lowest BCUT2D eigenvalue weighted by Crippen LogP contribution is -2.35. The lowest BCUT2D eigenvalue weighted by atomic mass is 9.88. The van der Waals surface area contributed by atoms with Crippen molar-refractivity contribution >= 4 is 11.8 Å². The lowest BCUT2D eigenvalue weighted by Gasteiger charge is -2.28. The van der Waals surface area contributed by atoms with Crippen LogP contribution in [0.3, 0.4) is 0 Å². The van der Waals surface area contributed by atoms with Gasteiger partial charge in [-0.3, -0.25) is 5.32 Å². The van der Waals surface area contributed by atoms with Gasteiger partial charge in [0.2, 0.25) is 0 Å². The molecule has 0 bridgehead atoms. The van der Waals surface area contributed by atoms with Crippen LogP contribution in [0.5, 0.6) is 5.75 Å². The third kappa shape index (κ3) is 3.91. The number of carbonyl (C=O) groups excluding carboxylic acids is 1. The first-order valence-corrected chi connectivity index (χ1v) is 7.71. The van der Waals surface area contributed by atoms with Crippen LogP contribution in [-0.4, -0.2) is 18.8 Å². The monoisotopic (exact) mass is 306 g/mol. The Hall–Kier alpha value is -1.75. The first-order chi connectivity index (χ1) is 10.2. The molecule has 0 saturated heterocycles. The van der Waals surface area contributed by atoms with Gasteiger partial charge in [-0.2, -0.15) is 0 Å². The number of benzene rings is 1. The Kier molecular flexibility index (Phi) is 4.66. The molecule has 1 fully saturated rings. The zero-order chi connectivity index (χ0) is 16.4. The van der Waals surface area contributed by atoms with E-state index in [-0.39, 0.29) is 0 Å². The predicted molar refractivity (Wildman–Crippen MR) is 87.2 cm³/mol. The maximum atomic E-state index is 12.0. The molecule has 1 amide bonds. The summed E-state index contributed by atoms with van der Waals surface area (Å²) in [5.74, 6) is 0.737. The summed E-state index contributed by atoms with van der Waals surface area (Å²) in [5, 5.41) is 2.82. The van der Waals surface area contributed by atoms with Gasteiger partial charge in [-0.25, -0.2) is 4.79 Å². The maximum Gasteiger partial charge on any atom is 0.412 e. The number of nitrogens with one attached hydrogen (secondary N) is 1. The van der Waals surface area contributed by atoms with Crippen LogP contribution in [-0.2, 0) is 10.3 Å². The molecular weight excluding hydrogens is 280 g/mol. The minimum Gasteiger partial charge on any atom is -0.497 e. The van der Waals surface area contributed by atoms with Crippen LogP contribution in [0.25, 0.3) is 0 Å². The number of rotatable bonds is 3. The van der Waals surface area contributed by atoms with Gasteiger partial charge in [0.15, 0.2) is 0 Å². The highest BCUT2D eigenvalue weighted by Gasteiger charge is 2.34. The standard InChI is InChI=1S/C17H26N2O3/c1-16(2,3)22-15(20)19-14-8-7-12(21-4)11-13(14)17(18)9-5-6-10-17/h7-8,11H,5-6,9-10,18H2,1-4H3,(H,19,20). The molecular formula is C17H26N2O3. The van der Waals surface area contributed by atoms with Crippen molar-refractivity contribution in [1.29, 1.82) is 0 Å². The number of anilines is 1. The molecule has 0 aromatic heterocycles. The van der Waals surface area contributed by atoms with Gasteiger partial charge in [0.25, 0.3) is 0 Å². The number of amides is 1. The molecule has 0 aliphatic heterocycles. The molecule has 2 rings (SSSR count). The number of methoxy groups -OCH3 is 1. The van der Waals surface area contributed by atoms with E-state index in [4.69, 9.17) is 15.2 Å². The van der Waals surface area contributed by atoms with E-state index in [1.54, 1.807) is 7.11 Å². The summed E-state index contributed by atoms with van der Waals surface area (Å²) < 4.78 is 10.6. The Labute approximate surface area is 132 Å². The highest BCUT2D eigenvalue weighted by Crippen LogP contribution is 2.41. The predicted octanol–water partition coefficient (Wildman–Crippen LogP) is 3.77. The summed E-state index contributed by atoms with van der Waals surface area (Å²) in [4.78, 5) is 12.0. The van der Waals surface area contributed by atoms with E-state index < -0.39 is 17.2 Å². The van der Waals surface area contributed by atoms with Gasteiger partial charge in [0, 0.05) is 11.2 Å². The Morgan fingerprint density at radius 1 is 1.27 bits per heavy atom. The smallest absolute Gasteiger partial charge is 0.412 e. The van der Waals surface area contributed by atoms with E-state index in [0.29, 0.717) is 5.69 Å². The average molecular weight is 306 g/mol. The normalized spacial score (nSPS) is 17.1. The average Bonchev–Trinajstić information content (AvgIpc) is 2.85. The fourth-order valence-corrected chi connectivity index (χ4v) is 2.86. The van der Waals surface area contributed by atoms with Crippen LogP contribution >= 0.6 is 0 Å². The van der Waals surface area contributed by atoms with E-state index in [0.717, 1.165) is 37.0 Å². The summed E-state index contributed by atoms with van der Waals surface area (Å²) in [7, 11) is 1.62. The molecule has 122 valence electrons. The fraction of sp³-hybridized carbons (Fsp3) is 0.588. The number of hydrogen-bond acceptors (Lipinski definition) is 4. The minimum absolute atomic E-state index is 0.418. The van der Waals surface area contributed by atoms with Crippen molar-refractivity contribution < 1.29 is 14.3 Å². The molecule has 0 heterocycles. The Morgan fingerprint density at radius 3 is 2.45 bits per heavy atom. The largest absolute Gasteiger partial charge is 0.497 e. The van der Waals surface area contributed by atoms with E-state index in [1.807, 2.05) is 39.0 Å². The zero-order valence-electron chi connectivity index (χ0n) is 13.9. The van der Waals surface area contributed by atoms with Crippen LogP contribution in [0.4, 0.5) is 10.5 Å². The number of carbonyl (C=O) groups is 1. The number of nitrogens with two attached hydrogens (primary N) is 1. The zero-order valence-corrected chi connectivity index (χ0v) is 13.9. The van der Waals surface area contributed by atoms with Gasteiger partial charge in [-0.05, 0) is 57.4 Å². The molecule has 0 spiro atoms. The summed E-state index contributed by atoms with van der Waals surface area (Å²) in [6, 6.07) is 5.55. The van der Waals surface area contributed by atoms with E-state index >= 15 is 0 Å². The fourth-order valence-electron chi connectivity index (χ4n) is 2.86. The minimum atomic E-state index is -0.537. The van der Waals surface area contributed by atoms with Crippen LogP contribution in [0, 0.1) is 0 Å². The first-order valence-electron chi connectivity index (χ1n) is 7.71. The van der Waals surface area contributed by atoms with Crippen LogP contribution in [0.1, 0.15) is 52.0 Å². The molecule has 3 N–H and O–H groups in total. The third-order valence-corrected chi connectivity index (χ3v) is 3.89. The van der Waals surface area contributed by atoms with Gasteiger partial charge in [-0.15, -0.1) is 0 Å². The van der Waals surface area contributed by atoms with Crippen LogP contribution < -0.4 is 15.8 Å². The molecule has 5 heteroatoms. The van der Waals surface area contributed by atoms with Crippen LogP contribution in [0.15, 0.2) is 18.2 Å². The Balaban J connectivity index is 2.28. The highest BCUT2D eigenvalue weighted by atomic mass is 16.6. The maximum absolute atomic E-state index is 12.0. The molecule has 1 saturated carbocycles. The summed E-state index contributed by atoms with van der Waals surface area (Å²) in [5.41, 5.74) is 7.21. The molecule has 1 aromatic carbocycles. The molecule has 1 aliphatic rings. The summed E-state index contributed by atoms with van der Waals surface area (Å²) >= 11 is 0. The molecule has 1 aliphatic carbocycles. The molecule has 22 heavy (non-hydrogen) atoms. The summed E-state index contributed by atoms with van der Waals surface area (Å²) in [6.45, 7) is 5.51. The van der Waals surface area contributed by atoms with Gasteiger partial charge >= 0.3 is 6.09 Å². The second-order valence-electron chi connectivity index (χ2n) is 6.90. The van der Waals surface area contributed by atoms with Crippen molar-refractivity contribution in [3.63, 3.8) is 0 Å². The van der Waals surface area contributed by atoms with Crippen molar-refractivity contribution in [3.8, 4) is 5.75 Å². The quantitative estimate of drug-likeness (QED) is 0.891. The van der Waals surface area contributed by atoms with Gasteiger partial charge < -0.3 is 15.2 Å². The van der Waals surface area contributed by atoms with E-state index in [1.165, 1.54) is 0 Å². The highest BCUT2D eigenvalue weighted by molar-refractivity contribution is 5.86. The second-order valence-corrected chi connectivity index (χ2v) is 6.90. The third-order valence-electron chi connectivity index (χ3n) is 3.89. The number of hydrogen-bond donors (Lipinski definition) is 2. The van der Waals surface area contributed by atoms with E-state index in [2.05, 4.69) is 5.32 Å². The molecule has 5 nitrogen and oxygen atoms in total. The van der Waals surface area contributed by atoms with Gasteiger partial charge in [0.1, 0.15) is 11.4 Å². The van der Waals surface area contributed by atoms with Gasteiger partial charge in [0.05, 0.1) is 7.11 Å². The second kappa shape index (κ2) is 6.16. The number of ether oxygens (including phenoxy) is 2. The van der Waals surface area contributed by atoms with Crippen molar-refractivity contribution in [3.05, 3.63) is 23.8 Å². The SMILES string of the molecule is COc1ccc(NC(=O)OC(C)(C)C)c(C2(N)CCCC2)c1. The van der Waals surface area contributed by atoms with Crippen molar-refractivity contribution in [2.75, 3.05) is 12.4 Å². The summed E-state index contributed by atoms with van der Waals surface area (Å²) in [6.07, 6.45) is 3.53. The Bertz CT molecular complexity index is 543. The lowest BCUT2D eigenvalue weighted by molar-refractivity contribution is 0.0635. The first kappa shape index (κ1) is 16.6. The van der Waals surface area contributed by atoms with Crippen molar-refractivity contribution in [2.45, 2.75) is 57.6 Å². The molecule has 0 radical (unpaired) electrons.